The highest BCUT2D eigenvalue weighted by molar-refractivity contribution is 5.91. The van der Waals surface area contributed by atoms with Crippen LogP contribution in [-0.4, -0.2) is 53.0 Å². The summed E-state index contributed by atoms with van der Waals surface area (Å²) in [6.45, 7) is 5.51. The monoisotopic (exact) mass is 438 g/mol. The molecule has 0 saturated carbocycles. The van der Waals surface area contributed by atoms with E-state index in [-0.39, 0.29) is 5.82 Å². The van der Waals surface area contributed by atoms with E-state index in [9.17, 15) is 4.39 Å². The Balaban J connectivity index is 1.25. The van der Waals surface area contributed by atoms with Crippen molar-refractivity contribution < 1.29 is 4.39 Å². The number of piperazine rings is 1. The van der Waals surface area contributed by atoms with Crippen molar-refractivity contribution in [2.45, 2.75) is 13.0 Å². The Morgan fingerprint density at radius 1 is 0.939 bits per heavy atom. The number of benzene rings is 2. The molecule has 2 aromatic heterocycles. The lowest BCUT2D eigenvalue weighted by Gasteiger charge is -2.32. The minimum atomic E-state index is -0.220. The van der Waals surface area contributed by atoms with Gasteiger partial charge < -0.3 is 9.88 Å². The largest absolute Gasteiger partial charge is 0.359 e. The molecule has 33 heavy (non-hydrogen) atoms. The van der Waals surface area contributed by atoms with Crippen molar-refractivity contribution in [2.75, 3.05) is 33.2 Å². The van der Waals surface area contributed by atoms with Crippen molar-refractivity contribution in [1.82, 2.24) is 19.8 Å². The lowest BCUT2D eigenvalue weighted by molar-refractivity contribution is 0.148. The summed E-state index contributed by atoms with van der Waals surface area (Å²) in [5.74, 6) is -0.220. The van der Waals surface area contributed by atoms with Crippen LogP contribution in [0.5, 0.6) is 0 Å². The van der Waals surface area contributed by atoms with Gasteiger partial charge in [-0.1, -0.05) is 30.3 Å². The maximum Gasteiger partial charge on any atom is 0.147 e. The van der Waals surface area contributed by atoms with Crippen LogP contribution in [0.2, 0.25) is 0 Å². The highest BCUT2D eigenvalue weighted by Gasteiger charge is 2.20. The second-order valence-corrected chi connectivity index (χ2v) is 9.22. The van der Waals surface area contributed by atoms with Gasteiger partial charge >= 0.3 is 0 Å². The van der Waals surface area contributed by atoms with Gasteiger partial charge in [-0.05, 0) is 53.6 Å². The van der Waals surface area contributed by atoms with Crippen molar-refractivity contribution in [3.8, 4) is 11.1 Å². The summed E-state index contributed by atoms with van der Waals surface area (Å²) in [4.78, 5) is 12.6. The van der Waals surface area contributed by atoms with E-state index in [0.29, 0.717) is 5.52 Å². The predicted molar refractivity (Wildman–Crippen MR) is 131 cm³/mol. The first kappa shape index (κ1) is 20.3. The third kappa shape index (κ3) is 3.88. The topological polar surface area (TPSA) is 35.2 Å². The Labute approximate surface area is 193 Å². The number of pyridine rings is 1. The number of nitrogens with one attached hydrogen (secondary N) is 1. The minimum Gasteiger partial charge on any atom is -0.359 e. The lowest BCUT2D eigenvalue weighted by Crippen LogP contribution is -2.43. The fraction of sp³-hybridized carbons (Fsp3) is 0.250. The molecule has 2 aromatic carbocycles. The summed E-state index contributed by atoms with van der Waals surface area (Å²) in [5, 5.41) is 0.888. The van der Waals surface area contributed by atoms with E-state index in [0.717, 1.165) is 78.1 Å². The highest BCUT2D eigenvalue weighted by Crippen LogP contribution is 2.36. The first-order valence-electron chi connectivity index (χ1n) is 11.6. The molecule has 2 aliphatic rings. The van der Waals surface area contributed by atoms with Gasteiger partial charge in [0.2, 0.25) is 0 Å². The van der Waals surface area contributed by atoms with Gasteiger partial charge in [0.05, 0.1) is 11.2 Å². The molecule has 0 bridgehead atoms. The second kappa shape index (κ2) is 8.25. The van der Waals surface area contributed by atoms with Crippen molar-refractivity contribution >= 4 is 16.5 Å². The molecule has 4 nitrogen and oxygen atoms in total. The molecule has 0 spiro atoms. The van der Waals surface area contributed by atoms with Crippen molar-refractivity contribution in [3.05, 3.63) is 95.2 Å². The van der Waals surface area contributed by atoms with Gasteiger partial charge in [0.15, 0.2) is 0 Å². The zero-order valence-electron chi connectivity index (χ0n) is 18.8. The molecule has 1 fully saturated rings. The Hall–Kier alpha value is -3.28. The molecule has 3 heterocycles. The number of allylic oxidation sites excluding steroid dienone is 1. The maximum absolute atomic E-state index is 14.6. The van der Waals surface area contributed by atoms with E-state index in [1.807, 2.05) is 12.3 Å². The fourth-order valence-electron chi connectivity index (χ4n) is 4.98. The van der Waals surface area contributed by atoms with Crippen LogP contribution in [0.15, 0.2) is 67.0 Å². The summed E-state index contributed by atoms with van der Waals surface area (Å²) in [6.07, 6.45) is 6.68. The average Bonchev–Trinajstić information content (AvgIpc) is 3.48. The number of halogens is 1. The number of fused-ring (bicyclic) bond motifs is 2. The van der Waals surface area contributed by atoms with Crippen LogP contribution >= 0.6 is 0 Å². The molecule has 0 unspecified atom stereocenters. The number of H-pyrrole nitrogens is 1. The molecule has 6 rings (SSSR count). The lowest BCUT2D eigenvalue weighted by atomic mass is 9.96. The minimum absolute atomic E-state index is 0.220. The standard InChI is InChI=1S/C28H27FN4/c1-32-10-12-33(13-11-32)18-19-2-4-20(5-3-19)23-15-25-24(6-7-27(25)31-17-23)22-14-21-8-9-30-28(21)26(29)16-22/h2-6,8-9,14-17,30H,7,10-13,18H2,1H3. The number of rotatable bonds is 4. The number of aromatic amines is 1. The molecular formula is C28H27FN4. The van der Waals surface area contributed by atoms with Crippen LogP contribution in [0.3, 0.4) is 0 Å². The van der Waals surface area contributed by atoms with E-state index < -0.39 is 0 Å². The molecule has 0 radical (unpaired) electrons. The molecule has 4 aromatic rings. The summed E-state index contributed by atoms with van der Waals surface area (Å²) in [6, 6.07) is 16.6. The van der Waals surface area contributed by atoms with Crippen molar-refractivity contribution in [2.24, 2.45) is 0 Å². The normalized spacial score (nSPS) is 16.8. The Morgan fingerprint density at radius 3 is 2.58 bits per heavy atom. The predicted octanol–water partition coefficient (Wildman–Crippen LogP) is 5.10. The summed E-state index contributed by atoms with van der Waals surface area (Å²) in [5.41, 5.74) is 8.27. The quantitative estimate of drug-likeness (QED) is 0.481. The highest BCUT2D eigenvalue weighted by atomic mass is 19.1. The molecule has 1 saturated heterocycles. The summed E-state index contributed by atoms with van der Waals surface area (Å²) < 4.78 is 14.6. The van der Waals surface area contributed by atoms with Crippen molar-refractivity contribution in [1.29, 1.82) is 0 Å². The van der Waals surface area contributed by atoms with Gasteiger partial charge in [-0.25, -0.2) is 4.39 Å². The molecule has 166 valence electrons. The fourth-order valence-corrected chi connectivity index (χ4v) is 4.98. The zero-order valence-corrected chi connectivity index (χ0v) is 18.8. The van der Waals surface area contributed by atoms with Gasteiger partial charge in [-0.3, -0.25) is 9.88 Å². The summed E-state index contributed by atoms with van der Waals surface area (Å²) >= 11 is 0. The van der Waals surface area contributed by atoms with E-state index in [2.05, 4.69) is 64.3 Å². The Morgan fingerprint density at radius 2 is 1.76 bits per heavy atom. The van der Waals surface area contributed by atoms with Crippen LogP contribution < -0.4 is 0 Å². The maximum atomic E-state index is 14.6. The molecule has 1 aliphatic heterocycles. The zero-order chi connectivity index (χ0) is 22.4. The van der Waals surface area contributed by atoms with Gasteiger partial charge in [-0.15, -0.1) is 0 Å². The van der Waals surface area contributed by atoms with E-state index >= 15 is 0 Å². The number of likely N-dealkylation sites (N-methyl/N-ethyl adjacent to an activating group) is 1. The van der Waals surface area contributed by atoms with Gasteiger partial charge in [0, 0.05) is 68.1 Å². The third-order valence-corrected chi connectivity index (χ3v) is 6.97. The first-order valence-corrected chi connectivity index (χ1v) is 11.6. The molecule has 0 amide bonds. The first-order chi connectivity index (χ1) is 16.1. The number of hydrogen-bond donors (Lipinski definition) is 1. The Kier molecular flexibility index (Phi) is 5.08. The van der Waals surface area contributed by atoms with E-state index in [1.165, 1.54) is 5.56 Å². The second-order valence-electron chi connectivity index (χ2n) is 9.22. The van der Waals surface area contributed by atoms with Crippen LogP contribution in [0, 0.1) is 5.82 Å². The number of nitrogens with zero attached hydrogens (tertiary/aromatic N) is 3. The van der Waals surface area contributed by atoms with Crippen LogP contribution in [0.1, 0.15) is 22.4 Å². The van der Waals surface area contributed by atoms with Gasteiger partial charge in [0.25, 0.3) is 0 Å². The van der Waals surface area contributed by atoms with Crippen LogP contribution in [-0.2, 0) is 13.0 Å². The van der Waals surface area contributed by atoms with Crippen LogP contribution in [0.4, 0.5) is 4.39 Å². The smallest absolute Gasteiger partial charge is 0.147 e. The third-order valence-electron chi connectivity index (χ3n) is 6.97. The van der Waals surface area contributed by atoms with E-state index in [4.69, 9.17) is 4.98 Å². The SMILES string of the molecule is CN1CCN(Cc2ccc(-c3cnc4c(c3)C(c3cc(F)c5[nH]ccc5c3)=CC4)cc2)CC1. The summed E-state index contributed by atoms with van der Waals surface area (Å²) in [7, 11) is 2.19. The molecule has 0 atom stereocenters. The molecule has 1 aliphatic carbocycles. The van der Waals surface area contributed by atoms with E-state index in [1.54, 1.807) is 12.3 Å². The number of hydrogen-bond acceptors (Lipinski definition) is 3. The van der Waals surface area contributed by atoms with Crippen LogP contribution in [0.25, 0.3) is 27.6 Å². The van der Waals surface area contributed by atoms with Gasteiger partial charge in [0.1, 0.15) is 5.82 Å². The average molecular weight is 439 g/mol. The molecule has 1 N–H and O–H groups in total. The number of aromatic nitrogens is 2. The van der Waals surface area contributed by atoms with Crippen molar-refractivity contribution in [3.63, 3.8) is 0 Å². The van der Waals surface area contributed by atoms with Gasteiger partial charge in [-0.2, -0.15) is 0 Å². The molecular weight excluding hydrogens is 411 g/mol. The Bertz CT molecular complexity index is 1340. The molecule has 5 heteroatoms.